The van der Waals surface area contributed by atoms with E-state index in [0.29, 0.717) is 0 Å². The minimum absolute atomic E-state index is 0.835. The lowest BCUT2D eigenvalue weighted by atomic mass is 9.60. The molecule has 4 nitrogen and oxygen atoms in total. The number of hydrogen-bond donors (Lipinski definition) is 0. The van der Waals surface area contributed by atoms with Gasteiger partial charge in [-0.2, -0.15) is 0 Å². The molecule has 4 heterocycles. The van der Waals surface area contributed by atoms with Crippen molar-refractivity contribution in [1.29, 1.82) is 0 Å². The van der Waals surface area contributed by atoms with Gasteiger partial charge in [-0.25, -0.2) is 0 Å². The number of ether oxygens (including phenoxy) is 2. The van der Waals surface area contributed by atoms with E-state index in [4.69, 9.17) is 9.47 Å². The third-order valence-corrected chi connectivity index (χ3v) is 19.2. The van der Waals surface area contributed by atoms with Crippen LogP contribution in [-0.4, -0.2) is 0 Å². The molecule has 0 saturated carbocycles. The Morgan fingerprint density at radius 3 is 0.911 bits per heavy atom. The molecule has 90 heavy (non-hydrogen) atoms. The molecule has 0 amide bonds. The smallest absolute Gasteiger partial charge is 0.132 e. The van der Waals surface area contributed by atoms with Crippen LogP contribution in [0.15, 0.2) is 340 Å². The number of fused-ring (bicyclic) bond motifs is 16. The van der Waals surface area contributed by atoms with E-state index in [1.54, 1.807) is 0 Å². The Hall–Kier alpha value is -11.7. The van der Waals surface area contributed by atoms with E-state index in [-0.39, 0.29) is 0 Å². The molecule has 14 aromatic rings. The molecule has 4 aliphatic rings. The third kappa shape index (κ3) is 7.74. The van der Waals surface area contributed by atoms with Gasteiger partial charge in [0, 0.05) is 33.6 Å². The Bertz CT molecular complexity index is 5050. The van der Waals surface area contributed by atoms with Crippen LogP contribution in [0.25, 0.3) is 55.6 Å². The number of anilines is 6. The van der Waals surface area contributed by atoms with Crippen molar-refractivity contribution in [1.82, 2.24) is 0 Å². The van der Waals surface area contributed by atoms with Crippen LogP contribution in [0, 0.1) is 0 Å². The van der Waals surface area contributed by atoms with Gasteiger partial charge in [-0.15, -0.1) is 0 Å². The van der Waals surface area contributed by atoms with E-state index in [9.17, 15) is 0 Å². The highest BCUT2D eigenvalue weighted by Crippen LogP contribution is 2.66. The molecule has 0 N–H and O–H groups in total. The molecule has 4 aliphatic heterocycles. The van der Waals surface area contributed by atoms with Crippen molar-refractivity contribution >= 4 is 34.1 Å². The molecule has 14 aromatic carbocycles. The summed E-state index contributed by atoms with van der Waals surface area (Å²) in [5.41, 5.74) is 25.3. The Morgan fingerprint density at radius 1 is 0.178 bits per heavy atom. The SMILES string of the molecule is c1ccc(-c2ccc(N3c4ccc(-c5ccccc5)cc4C4(c5ccccc5Oc5ccccc54)c4cc(-c5ccc6c(c5)C5(c7ccccc7Oc7ccccc75)c5ccc(-c7ccccc7)cc5N6c5cccc(-c6ccccc6)c5)ccc43)cc2)cc1. The number of nitrogens with zero attached hydrogens (tertiary/aromatic N) is 2. The molecular weight excluding hydrogens is 1090 g/mol. The van der Waals surface area contributed by atoms with Gasteiger partial charge in [0.1, 0.15) is 23.0 Å². The highest BCUT2D eigenvalue weighted by atomic mass is 16.5. The van der Waals surface area contributed by atoms with Crippen LogP contribution in [0.2, 0.25) is 0 Å². The van der Waals surface area contributed by atoms with Gasteiger partial charge in [0.15, 0.2) is 0 Å². The number of benzene rings is 14. The first kappa shape index (κ1) is 51.5. The normalized spacial score (nSPS) is 13.9. The van der Waals surface area contributed by atoms with Gasteiger partial charge in [0.05, 0.1) is 33.6 Å². The molecule has 0 unspecified atom stereocenters. The minimum Gasteiger partial charge on any atom is -0.457 e. The maximum absolute atomic E-state index is 7.03. The average molecular weight is 1150 g/mol. The Labute approximate surface area is 524 Å². The van der Waals surface area contributed by atoms with Crippen molar-refractivity contribution in [2.24, 2.45) is 0 Å². The molecular formula is C86H56N2O2. The van der Waals surface area contributed by atoms with Crippen molar-refractivity contribution in [2.75, 3.05) is 9.80 Å². The monoisotopic (exact) mass is 1150 g/mol. The van der Waals surface area contributed by atoms with E-state index < -0.39 is 10.8 Å². The summed E-state index contributed by atoms with van der Waals surface area (Å²) < 4.78 is 14.0. The predicted octanol–water partition coefficient (Wildman–Crippen LogP) is 22.6. The van der Waals surface area contributed by atoms with Crippen molar-refractivity contribution < 1.29 is 9.47 Å². The molecule has 422 valence electrons. The van der Waals surface area contributed by atoms with Crippen molar-refractivity contribution in [3.05, 3.63) is 384 Å². The number of para-hydroxylation sites is 4. The molecule has 0 radical (unpaired) electrons. The average Bonchev–Trinajstić information content (AvgIpc) is 0.692. The summed E-state index contributed by atoms with van der Waals surface area (Å²) in [6.45, 7) is 0. The summed E-state index contributed by atoms with van der Waals surface area (Å²) >= 11 is 0. The molecule has 0 fully saturated rings. The Balaban J connectivity index is 0.927. The van der Waals surface area contributed by atoms with Crippen LogP contribution in [0.4, 0.5) is 34.1 Å². The lowest BCUT2D eigenvalue weighted by Gasteiger charge is -2.49. The molecule has 18 rings (SSSR count). The van der Waals surface area contributed by atoms with Crippen LogP contribution in [0.5, 0.6) is 23.0 Å². The second-order valence-electron chi connectivity index (χ2n) is 23.8. The maximum Gasteiger partial charge on any atom is 0.132 e. The fourth-order valence-corrected chi connectivity index (χ4v) is 15.3. The second-order valence-corrected chi connectivity index (χ2v) is 23.8. The summed E-state index contributed by atoms with van der Waals surface area (Å²) in [6, 6.07) is 125. The van der Waals surface area contributed by atoms with Crippen molar-refractivity contribution in [2.45, 2.75) is 10.8 Å². The van der Waals surface area contributed by atoms with Crippen LogP contribution in [0.1, 0.15) is 44.5 Å². The zero-order valence-electron chi connectivity index (χ0n) is 49.0. The molecule has 4 heteroatoms. The third-order valence-electron chi connectivity index (χ3n) is 19.2. The number of rotatable bonds is 7. The predicted molar refractivity (Wildman–Crippen MR) is 367 cm³/mol. The molecule has 2 spiro atoms. The summed E-state index contributed by atoms with van der Waals surface area (Å²) in [6.07, 6.45) is 0. The first-order chi connectivity index (χ1) is 44.6. The van der Waals surface area contributed by atoms with E-state index in [1.807, 2.05) is 0 Å². The van der Waals surface area contributed by atoms with Crippen molar-refractivity contribution in [3.8, 4) is 78.6 Å². The van der Waals surface area contributed by atoms with Crippen LogP contribution in [-0.2, 0) is 10.8 Å². The van der Waals surface area contributed by atoms with Gasteiger partial charge in [0.25, 0.3) is 0 Å². The highest BCUT2D eigenvalue weighted by molar-refractivity contribution is 5.97. The van der Waals surface area contributed by atoms with Gasteiger partial charge < -0.3 is 19.3 Å². The summed E-state index contributed by atoms with van der Waals surface area (Å²) in [5, 5.41) is 0. The summed E-state index contributed by atoms with van der Waals surface area (Å²) in [5.74, 6) is 3.34. The lowest BCUT2D eigenvalue weighted by molar-refractivity contribution is 0.433. The Morgan fingerprint density at radius 2 is 0.478 bits per heavy atom. The molecule has 0 atom stereocenters. The standard InChI is InChI=1S/C86H56N2O2/c1-5-22-57(23-6-1)61-40-46-67(47-41-61)87-77-49-43-63(59-26-9-3-10-27-59)53-75(77)86(72-34-15-19-38-83(72)90-84-39-20-16-35-73(84)86)76-55-65(44-50-78(76)87)64-45-51-79-74(54-64)85(70-32-13-17-36-81(70)89-82-37-18-14-33-71(82)85)69-48-42-66(60-28-11-4-12-29-60)56-80(69)88(79)68-31-21-30-62(52-68)58-24-7-2-8-25-58/h1-56H. The molecule has 0 aliphatic carbocycles. The largest absolute Gasteiger partial charge is 0.457 e. The maximum atomic E-state index is 7.03. The van der Waals surface area contributed by atoms with Gasteiger partial charge in [-0.3, -0.25) is 0 Å². The van der Waals surface area contributed by atoms with Gasteiger partial charge in [-0.05, 0) is 169 Å². The van der Waals surface area contributed by atoms with Gasteiger partial charge >= 0.3 is 0 Å². The summed E-state index contributed by atoms with van der Waals surface area (Å²) in [7, 11) is 0. The quantitative estimate of drug-likeness (QED) is 0.159. The van der Waals surface area contributed by atoms with E-state index in [1.165, 1.54) is 16.7 Å². The molecule has 0 aromatic heterocycles. The molecule has 0 saturated heterocycles. The fraction of sp³-hybridized carbons (Fsp3) is 0.0233. The molecule has 0 bridgehead atoms. The lowest BCUT2D eigenvalue weighted by Crippen LogP contribution is -2.40. The zero-order chi connectivity index (χ0) is 59.3. The first-order valence-corrected chi connectivity index (χ1v) is 31.0. The van der Waals surface area contributed by atoms with E-state index in [2.05, 4.69) is 350 Å². The van der Waals surface area contributed by atoms with Gasteiger partial charge in [0.2, 0.25) is 0 Å². The minimum atomic E-state index is -0.846. The highest BCUT2D eigenvalue weighted by Gasteiger charge is 2.54. The van der Waals surface area contributed by atoms with Crippen molar-refractivity contribution in [3.63, 3.8) is 0 Å². The van der Waals surface area contributed by atoms with Crippen LogP contribution < -0.4 is 19.3 Å². The van der Waals surface area contributed by atoms with Gasteiger partial charge in [-0.1, -0.05) is 249 Å². The summed E-state index contributed by atoms with van der Waals surface area (Å²) in [4.78, 5) is 5.00. The fourth-order valence-electron chi connectivity index (χ4n) is 15.3. The zero-order valence-corrected chi connectivity index (χ0v) is 49.0. The van der Waals surface area contributed by atoms with E-state index >= 15 is 0 Å². The number of hydrogen-bond acceptors (Lipinski definition) is 4. The Kier molecular flexibility index (Phi) is 11.7. The van der Waals surface area contributed by atoms with Crippen LogP contribution >= 0.6 is 0 Å². The van der Waals surface area contributed by atoms with E-state index in [0.717, 1.165) is 141 Å². The first-order valence-electron chi connectivity index (χ1n) is 31.0. The second kappa shape index (κ2) is 20.5. The topological polar surface area (TPSA) is 24.9 Å². The van der Waals surface area contributed by atoms with Crippen LogP contribution in [0.3, 0.4) is 0 Å².